The third-order valence-corrected chi connectivity index (χ3v) is 5.82. The molecule has 0 spiro atoms. The molecule has 0 bridgehead atoms. The number of hydrogen-bond acceptors (Lipinski definition) is 8. The highest BCUT2D eigenvalue weighted by atomic mass is 32.2. The molecule has 2 aromatic heterocycles. The molecule has 10 heteroatoms. The summed E-state index contributed by atoms with van der Waals surface area (Å²) in [5.41, 5.74) is 1.40. The Bertz CT molecular complexity index is 1040. The third-order valence-electron chi connectivity index (χ3n) is 4.80. The number of nitrogens with zero attached hydrogens (tertiary/aromatic N) is 4. The molecule has 1 saturated heterocycles. The topological polar surface area (TPSA) is 110 Å². The highest BCUT2D eigenvalue weighted by Gasteiger charge is 2.34. The number of aryl methyl sites for hydroxylation is 1. The van der Waals surface area contributed by atoms with Crippen LogP contribution in [0, 0.1) is 0 Å². The zero-order valence-corrected chi connectivity index (χ0v) is 17.7. The number of methoxy groups -OCH3 is 1. The molecule has 0 aliphatic carbocycles. The minimum atomic E-state index is -0.520. The number of nitrogens with one attached hydrogen (secondary N) is 1. The van der Waals surface area contributed by atoms with E-state index in [2.05, 4.69) is 20.4 Å². The number of ether oxygens (including phenoxy) is 1. The maximum atomic E-state index is 12.8. The van der Waals surface area contributed by atoms with Gasteiger partial charge in [0, 0.05) is 42.2 Å². The molecular formula is C21H21N5O4S. The zero-order valence-electron chi connectivity index (χ0n) is 16.9. The Hall–Kier alpha value is -3.40. The lowest BCUT2D eigenvalue weighted by Gasteiger charge is -2.23. The minimum absolute atomic E-state index is 0.124. The van der Waals surface area contributed by atoms with Crippen LogP contribution in [0.2, 0.25) is 0 Å². The van der Waals surface area contributed by atoms with Gasteiger partial charge in [-0.1, -0.05) is 5.16 Å². The molecule has 0 radical (unpaired) electrons. The largest absolute Gasteiger partial charge is 0.497 e. The van der Waals surface area contributed by atoms with Gasteiger partial charge in [0.05, 0.1) is 13.0 Å². The first kappa shape index (κ1) is 20.9. The molecule has 1 unspecified atom stereocenters. The van der Waals surface area contributed by atoms with Crippen molar-refractivity contribution >= 4 is 29.3 Å². The molecular weight excluding hydrogens is 418 g/mol. The monoisotopic (exact) mass is 439 g/mol. The molecule has 1 aliphatic heterocycles. The van der Waals surface area contributed by atoms with Crippen LogP contribution >= 0.6 is 11.8 Å². The van der Waals surface area contributed by atoms with Crippen LogP contribution < -0.4 is 10.1 Å². The van der Waals surface area contributed by atoms with Crippen LogP contribution in [0.3, 0.4) is 0 Å². The second-order valence-electron chi connectivity index (χ2n) is 6.85. The van der Waals surface area contributed by atoms with Gasteiger partial charge in [-0.05, 0) is 36.4 Å². The molecule has 1 aliphatic rings. The lowest BCUT2D eigenvalue weighted by molar-refractivity contribution is -0.136. The van der Waals surface area contributed by atoms with Crippen molar-refractivity contribution in [3.05, 3.63) is 54.7 Å². The van der Waals surface area contributed by atoms with Crippen molar-refractivity contribution in [1.29, 1.82) is 0 Å². The number of benzene rings is 1. The van der Waals surface area contributed by atoms with Crippen LogP contribution in [0.15, 0.2) is 53.3 Å². The van der Waals surface area contributed by atoms with Crippen molar-refractivity contribution in [2.45, 2.75) is 18.9 Å². The Balaban J connectivity index is 1.33. The van der Waals surface area contributed by atoms with Crippen LogP contribution in [-0.2, 0) is 16.0 Å². The number of anilines is 1. The van der Waals surface area contributed by atoms with Crippen LogP contribution in [0.5, 0.6) is 5.75 Å². The standard InChI is InChI=1S/C21H21N5O4S/c1-29-16-6-4-15(5-7-16)23-21(28)17-12-31-13-26(17)19(27)9-8-18-24-20(25-30-18)14-3-2-10-22-11-14/h2-7,10-11,17H,8-9,12-13H2,1H3,(H,23,28). The van der Waals surface area contributed by atoms with Crippen LogP contribution in [0.4, 0.5) is 5.69 Å². The van der Waals surface area contributed by atoms with Gasteiger partial charge in [0.25, 0.3) is 0 Å². The normalized spacial score (nSPS) is 15.6. The average Bonchev–Trinajstić information content (AvgIpc) is 3.49. The van der Waals surface area contributed by atoms with Crippen LogP contribution in [0.1, 0.15) is 12.3 Å². The summed E-state index contributed by atoms with van der Waals surface area (Å²) in [4.78, 5) is 35.4. The number of aromatic nitrogens is 3. The van der Waals surface area contributed by atoms with Gasteiger partial charge in [0.2, 0.25) is 23.5 Å². The van der Waals surface area contributed by atoms with Crippen LogP contribution in [-0.4, -0.2) is 56.6 Å². The van der Waals surface area contributed by atoms with Gasteiger partial charge >= 0.3 is 0 Å². The third kappa shape index (κ3) is 5.02. The summed E-state index contributed by atoms with van der Waals surface area (Å²) in [6.45, 7) is 0. The number of pyridine rings is 1. The second-order valence-corrected chi connectivity index (χ2v) is 7.85. The Labute approximate surface area is 183 Å². The average molecular weight is 439 g/mol. The summed E-state index contributed by atoms with van der Waals surface area (Å²) < 4.78 is 10.4. The summed E-state index contributed by atoms with van der Waals surface area (Å²) in [5, 5.41) is 6.80. The number of thioether (sulfide) groups is 1. The van der Waals surface area contributed by atoms with E-state index >= 15 is 0 Å². The van der Waals surface area contributed by atoms with E-state index in [0.29, 0.717) is 41.2 Å². The summed E-state index contributed by atoms with van der Waals surface area (Å²) >= 11 is 1.55. The molecule has 1 atom stereocenters. The van der Waals surface area contributed by atoms with Crippen molar-refractivity contribution in [3.63, 3.8) is 0 Å². The Morgan fingerprint density at radius 2 is 2.13 bits per heavy atom. The van der Waals surface area contributed by atoms with Gasteiger partial charge in [-0.3, -0.25) is 14.6 Å². The molecule has 2 amide bonds. The first-order chi connectivity index (χ1) is 15.1. The fourth-order valence-electron chi connectivity index (χ4n) is 3.13. The highest BCUT2D eigenvalue weighted by Crippen LogP contribution is 2.24. The maximum Gasteiger partial charge on any atom is 0.248 e. The zero-order chi connectivity index (χ0) is 21.6. The van der Waals surface area contributed by atoms with Gasteiger partial charge in [-0.2, -0.15) is 4.98 Å². The van der Waals surface area contributed by atoms with E-state index in [4.69, 9.17) is 9.26 Å². The molecule has 4 rings (SSSR count). The van der Waals surface area contributed by atoms with Crippen molar-refractivity contribution in [2.75, 3.05) is 24.1 Å². The first-order valence-corrected chi connectivity index (χ1v) is 10.8. The van der Waals surface area contributed by atoms with Gasteiger partial charge in [-0.15, -0.1) is 11.8 Å². The van der Waals surface area contributed by atoms with Gasteiger partial charge in [-0.25, -0.2) is 0 Å². The molecule has 0 saturated carbocycles. The van der Waals surface area contributed by atoms with Crippen molar-refractivity contribution in [2.24, 2.45) is 0 Å². The molecule has 31 heavy (non-hydrogen) atoms. The number of amides is 2. The minimum Gasteiger partial charge on any atom is -0.497 e. The molecule has 1 aromatic carbocycles. The first-order valence-electron chi connectivity index (χ1n) is 9.69. The van der Waals surface area contributed by atoms with Gasteiger partial charge < -0.3 is 19.5 Å². The molecule has 1 fully saturated rings. The Morgan fingerprint density at radius 1 is 1.29 bits per heavy atom. The predicted molar refractivity (Wildman–Crippen MR) is 115 cm³/mol. The van der Waals surface area contributed by atoms with Gasteiger partial charge in [0.15, 0.2) is 0 Å². The fourth-order valence-corrected chi connectivity index (χ4v) is 4.31. The van der Waals surface area contributed by atoms with E-state index in [1.165, 1.54) is 0 Å². The summed E-state index contributed by atoms with van der Waals surface area (Å²) in [5.74, 6) is 2.21. The summed E-state index contributed by atoms with van der Waals surface area (Å²) in [6.07, 6.45) is 3.80. The number of carbonyl (C=O) groups excluding carboxylic acids is 2. The number of carbonyl (C=O) groups is 2. The summed E-state index contributed by atoms with van der Waals surface area (Å²) in [6, 6.07) is 10.2. The molecule has 3 heterocycles. The maximum absolute atomic E-state index is 12.8. The van der Waals surface area contributed by atoms with E-state index in [1.54, 1.807) is 66.5 Å². The fraction of sp³-hybridized carbons (Fsp3) is 0.286. The lowest BCUT2D eigenvalue weighted by Crippen LogP contribution is -2.44. The van der Waals surface area contributed by atoms with E-state index in [9.17, 15) is 9.59 Å². The Kier molecular flexibility index (Phi) is 6.46. The molecule has 3 aromatic rings. The second kappa shape index (κ2) is 9.61. The smallest absolute Gasteiger partial charge is 0.248 e. The Morgan fingerprint density at radius 3 is 2.87 bits per heavy atom. The quantitative estimate of drug-likeness (QED) is 0.598. The van der Waals surface area contributed by atoms with E-state index < -0.39 is 6.04 Å². The molecule has 1 N–H and O–H groups in total. The van der Waals surface area contributed by atoms with E-state index in [-0.39, 0.29) is 18.2 Å². The highest BCUT2D eigenvalue weighted by molar-refractivity contribution is 7.99. The van der Waals surface area contributed by atoms with E-state index in [1.807, 2.05) is 6.07 Å². The van der Waals surface area contributed by atoms with Gasteiger partial charge in [0.1, 0.15) is 11.8 Å². The predicted octanol–water partition coefficient (Wildman–Crippen LogP) is 2.61. The number of rotatable bonds is 7. The SMILES string of the molecule is COc1ccc(NC(=O)C2CSCN2C(=O)CCc2nc(-c3cccnc3)no2)cc1. The number of hydrogen-bond donors (Lipinski definition) is 1. The van der Waals surface area contributed by atoms with Crippen molar-refractivity contribution < 1.29 is 18.8 Å². The van der Waals surface area contributed by atoms with Crippen molar-refractivity contribution in [1.82, 2.24) is 20.0 Å². The molecule has 160 valence electrons. The lowest BCUT2D eigenvalue weighted by atomic mass is 10.2. The van der Waals surface area contributed by atoms with E-state index in [0.717, 1.165) is 5.56 Å². The summed E-state index contributed by atoms with van der Waals surface area (Å²) in [7, 11) is 1.58. The van der Waals surface area contributed by atoms with Crippen LogP contribution in [0.25, 0.3) is 11.4 Å². The molecule has 9 nitrogen and oxygen atoms in total. The van der Waals surface area contributed by atoms with Crippen molar-refractivity contribution in [3.8, 4) is 17.1 Å².